The van der Waals surface area contributed by atoms with Crippen LogP contribution in [0.2, 0.25) is 0 Å². The summed E-state index contributed by atoms with van der Waals surface area (Å²) in [6.45, 7) is 3.60. The predicted molar refractivity (Wildman–Crippen MR) is 145 cm³/mol. The van der Waals surface area contributed by atoms with Crippen molar-refractivity contribution in [2.75, 3.05) is 20.1 Å². The summed E-state index contributed by atoms with van der Waals surface area (Å²) in [6.07, 6.45) is 6.03. The number of aromatic nitrogens is 5. The number of aryl methyl sites for hydroxylation is 1. The van der Waals surface area contributed by atoms with Crippen LogP contribution in [0.4, 0.5) is 0 Å². The minimum absolute atomic E-state index is 0.00827. The predicted octanol–water partition coefficient (Wildman–Crippen LogP) is 3.19. The maximum absolute atomic E-state index is 13.3. The van der Waals surface area contributed by atoms with E-state index in [1.807, 2.05) is 43.3 Å². The molecule has 1 aromatic carbocycles. The summed E-state index contributed by atoms with van der Waals surface area (Å²) in [5, 5.41) is 3.28. The highest BCUT2D eigenvalue weighted by Crippen LogP contribution is 2.22. The van der Waals surface area contributed by atoms with Gasteiger partial charge in [0.2, 0.25) is 10.0 Å². The lowest BCUT2D eigenvalue weighted by Crippen LogP contribution is -2.43. The molecule has 1 N–H and O–H groups in total. The zero-order chi connectivity index (χ0) is 26.5. The Labute approximate surface area is 223 Å². The van der Waals surface area contributed by atoms with Gasteiger partial charge < -0.3 is 5.32 Å². The van der Waals surface area contributed by atoms with E-state index >= 15 is 0 Å². The maximum atomic E-state index is 13.3. The molecule has 1 fully saturated rings. The maximum Gasteiger partial charge on any atom is 0.243 e. The lowest BCUT2D eigenvalue weighted by molar-refractivity contribution is 0.296. The molecule has 0 aliphatic carbocycles. The van der Waals surface area contributed by atoms with Crippen molar-refractivity contribution >= 4 is 10.0 Å². The zero-order valence-electron chi connectivity index (χ0n) is 21.6. The first-order chi connectivity index (χ1) is 18.4. The van der Waals surface area contributed by atoms with Crippen molar-refractivity contribution in [3.8, 4) is 11.5 Å². The Morgan fingerprint density at radius 3 is 2.42 bits per heavy atom. The van der Waals surface area contributed by atoms with Crippen LogP contribution in [0.5, 0.6) is 0 Å². The molecule has 0 bridgehead atoms. The molecule has 0 atom stereocenters. The van der Waals surface area contributed by atoms with Crippen LogP contribution in [0.15, 0.2) is 71.9 Å². The standard InChI is InChI=1S/C28H31N7O2S/c1-20-5-3-8-26(32-20)28-31-16-10-23(34-28)19-22-9-15-30-27(33-22)18-21-6-4-7-25(17-21)38(36,37)35(2)24-11-13-29-14-12-24/h3-10,15-17,24,29H,11-14,18-19H2,1-2H3. The normalized spacial score (nSPS) is 14.6. The molecule has 1 saturated heterocycles. The van der Waals surface area contributed by atoms with Crippen LogP contribution in [0.25, 0.3) is 11.5 Å². The average Bonchev–Trinajstić information content (AvgIpc) is 2.93. The van der Waals surface area contributed by atoms with Crippen molar-refractivity contribution in [3.63, 3.8) is 0 Å². The first kappa shape index (κ1) is 26.0. The van der Waals surface area contributed by atoms with Crippen molar-refractivity contribution in [1.29, 1.82) is 0 Å². The molecule has 9 nitrogen and oxygen atoms in total. The van der Waals surface area contributed by atoms with Crippen molar-refractivity contribution in [1.82, 2.24) is 34.5 Å². The highest BCUT2D eigenvalue weighted by molar-refractivity contribution is 7.89. The van der Waals surface area contributed by atoms with Crippen LogP contribution in [0.3, 0.4) is 0 Å². The van der Waals surface area contributed by atoms with Gasteiger partial charge in [-0.2, -0.15) is 4.31 Å². The van der Waals surface area contributed by atoms with Gasteiger partial charge in [0, 0.05) is 44.0 Å². The Morgan fingerprint density at radius 1 is 0.895 bits per heavy atom. The number of piperidine rings is 1. The number of nitrogens with one attached hydrogen (secondary N) is 1. The number of pyridine rings is 1. The van der Waals surface area contributed by atoms with Gasteiger partial charge in [0.15, 0.2) is 5.82 Å². The molecule has 38 heavy (non-hydrogen) atoms. The number of nitrogens with zero attached hydrogens (tertiary/aromatic N) is 6. The quantitative estimate of drug-likeness (QED) is 0.370. The van der Waals surface area contributed by atoms with Crippen LogP contribution in [-0.4, -0.2) is 63.8 Å². The smallest absolute Gasteiger partial charge is 0.243 e. The molecule has 3 aromatic heterocycles. The van der Waals surface area contributed by atoms with E-state index in [0.717, 1.165) is 54.3 Å². The van der Waals surface area contributed by atoms with Gasteiger partial charge in [0.25, 0.3) is 0 Å². The van der Waals surface area contributed by atoms with Crippen LogP contribution in [-0.2, 0) is 22.9 Å². The topological polar surface area (TPSA) is 114 Å². The summed E-state index contributed by atoms with van der Waals surface area (Å²) >= 11 is 0. The molecule has 196 valence electrons. The highest BCUT2D eigenvalue weighted by atomic mass is 32.2. The van der Waals surface area contributed by atoms with E-state index in [1.165, 1.54) is 4.31 Å². The van der Waals surface area contributed by atoms with Crippen molar-refractivity contribution in [3.05, 3.63) is 95.5 Å². The van der Waals surface area contributed by atoms with Gasteiger partial charge >= 0.3 is 0 Å². The summed E-state index contributed by atoms with van der Waals surface area (Å²) < 4.78 is 28.1. The van der Waals surface area contributed by atoms with E-state index in [0.29, 0.717) is 29.4 Å². The van der Waals surface area contributed by atoms with Gasteiger partial charge in [0.05, 0.1) is 16.3 Å². The van der Waals surface area contributed by atoms with Crippen LogP contribution in [0.1, 0.15) is 41.3 Å². The summed E-state index contributed by atoms with van der Waals surface area (Å²) in [4.78, 5) is 23.0. The number of hydrogen-bond acceptors (Lipinski definition) is 8. The molecular weight excluding hydrogens is 498 g/mol. The van der Waals surface area contributed by atoms with E-state index in [-0.39, 0.29) is 6.04 Å². The summed E-state index contributed by atoms with van der Waals surface area (Å²) in [5.74, 6) is 1.20. The SMILES string of the molecule is Cc1cccc(-c2nccc(Cc3ccnc(Cc4cccc(S(=O)(=O)N(C)C5CCNCC5)c4)n3)n2)n1. The van der Waals surface area contributed by atoms with Crippen molar-refractivity contribution < 1.29 is 8.42 Å². The Morgan fingerprint density at radius 2 is 1.63 bits per heavy atom. The highest BCUT2D eigenvalue weighted by Gasteiger charge is 2.29. The second-order valence-electron chi connectivity index (χ2n) is 9.50. The van der Waals surface area contributed by atoms with Gasteiger partial charge in [-0.1, -0.05) is 18.2 Å². The van der Waals surface area contributed by atoms with Gasteiger partial charge in [-0.3, -0.25) is 0 Å². The Kier molecular flexibility index (Phi) is 7.82. The molecule has 0 saturated carbocycles. The second-order valence-corrected chi connectivity index (χ2v) is 11.5. The third-order valence-corrected chi connectivity index (χ3v) is 8.62. The first-order valence-electron chi connectivity index (χ1n) is 12.7. The fraction of sp³-hybridized carbons (Fsp3) is 0.321. The largest absolute Gasteiger partial charge is 0.317 e. The van der Waals surface area contributed by atoms with Crippen molar-refractivity contribution in [2.45, 2.75) is 43.5 Å². The average molecular weight is 530 g/mol. The summed E-state index contributed by atoms with van der Waals surface area (Å²) in [5.41, 5.74) is 4.14. The third kappa shape index (κ3) is 6.09. The van der Waals surface area contributed by atoms with E-state index in [4.69, 9.17) is 4.98 Å². The monoisotopic (exact) mass is 529 g/mol. The summed E-state index contributed by atoms with van der Waals surface area (Å²) in [7, 11) is -1.91. The number of sulfonamides is 1. The number of rotatable bonds is 8. The third-order valence-electron chi connectivity index (χ3n) is 6.72. The molecule has 0 unspecified atom stereocenters. The molecule has 10 heteroatoms. The molecule has 4 aromatic rings. The van der Waals surface area contributed by atoms with Gasteiger partial charge in [-0.25, -0.2) is 33.3 Å². The van der Waals surface area contributed by atoms with E-state index in [2.05, 4.69) is 25.3 Å². The van der Waals surface area contributed by atoms with Gasteiger partial charge in [-0.05, 0) is 74.8 Å². The molecule has 0 spiro atoms. The van der Waals surface area contributed by atoms with Crippen LogP contribution >= 0.6 is 0 Å². The van der Waals surface area contributed by atoms with Crippen molar-refractivity contribution in [2.24, 2.45) is 0 Å². The molecule has 1 aliphatic heterocycles. The van der Waals surface area contributed by atoms with Gasteiger partial charge in [-0.15, -0.1) is 0 Å². The fourth-order valence-electron chi connectivity index (χ4n) is 4.63. The molecule has 0 radical (unpaired) electrons. The fourth-order valence-corrected chi connectivity index (χ4v) is 6.11. The Hall–Kier alpha value is -3.60. The minimum Gasteiger partial charge on any atom is -0.317 e. The van der Waals surface area contributed by atoms with E-state index in [1.54, 1.807) is 37.6 Å². The second kappa shape index (κ2) is 11.4. The number of benzene rings is 1. The Balaban J connectivity index is 1.31. The van der Waals surface area contributed by atoms with Gasteiger partial charge in [0.1, 0.15) is 11.5 Å². The van der Waals surface area contributed by atoms with E-state index < -0.39 is 10.0 Å². The lowest BCUT2D eigenvalue weighted by Gasteiger charge is -2.30. The zero-order valence-corrected chi connectivity index (χ0v) is 22.4. The number of hydrogen-bond donors (Lipinski definition) is 1. The minimum atomic E-state index is -3.59. The van der Waals surface area contributed by atoms with Crippen LogP contribution < -0.4 is 5.32 Å². The summed E-state index contributed by atoms with van der Waals surface area (Å²) in [6, 6.07) is 16.6. The lowest BCUT2D eigenvalue weighted by atomic mass is 10.1. The van der Waals surface area contributed by atoms with Crippen LogP contribution in [0, 0.1) is 6.92 Å². The molecule has 5 rings (SSSR count). The molecule has 4 heterocycles. The molecular formula is C28H31N7O2S. The van der Waals surface area contributed by atoms with E-state index in [9.17, 15) is 8.42 Å². The molecule has 1 aliphatic rings. The Bertz CT molecular complexity index is 1520. The molecule has 0 amide bonds. The first-order valence-corrected chi connectivity index (χ1v) is 14.2.